The molecule has 1 amide bonds. The van der Waals surface area contributed by atoms with Gasteiger partial charge in [-0.05, 0) is 31.9 Å². The molecule has 0 aromatic carbocycles. The van der Waals surface area contributed by atoms with Gasteiger partial charge in [-0.2, -0.15) is 4.98 Å². The maximum Gasteiger partial charge on any atom is 0.271 e. The Hall–Kier alpha value is -2.11. The van der Waals surface area contributed by atoms with Gasteiger partial charge < -0.3 is 14.0 Å². The topological polar surface area (TPSA) is 64.2 Å². The van der Waals surface area contributed by atoms with E-state index in [9.17, 15) is 4.79 Å². The first-order chi connectivity index (χ1) is 9.58. The van der Waals surface area contributed by atoms with Crippen LogP contribution in [0.3, 0.4) is 0 Å². The Morgan fingerprint density at radius 2 is 2.20 bits per heavy atom. The van der Waals surface area contributed by atoms with Crippen molar-refractivity contribution in [1.82, 2.24) is 19.6 Å². The number of rotatable bonds is 2. The summed E-state index contributed by atoms with van der Waals surface area (Å²) in [7, 11) is 1.91. The van der Waals surface area contributed by atoms with E-state index in [1.165, 1.54) is 0 Å². The van der Waals surface area contributed by atoms with Crippen LogP contribution in [0.4, 0.5) is 0 Å². The quantitative estimate of drug-likeness (QED) is 0.840. The van der Waals surface area contributed by atoms with E-state index in [1.807, 2.05) is 35.6 Å². The van der Waals surface area contributed by atoms with Gasteiger partial charge >= 0.3 is 0 Å². The summed E-state index contributed by atoms with van der Waals surface area (Å²) in [6, 6.07) is 3.75. The van der Waals surface area contributed by atoms with E-state index in [2.05, 4.69) is 10.1 Å². The number of likely N-dealkylation sites (tertiary alicyclic amines) is 1. The molecule has 106 valence electrons. The van der Waals surface area contributed by atoms with E-state index >= 15 is 0 Å². The van der Waals surface area contributed by atoms with E-state index in [1.54, 1.807) is 6.92 Å². The minimum Gasteiger partial charge on any atom is -0.344 e. The van der Waals surface area contributed by atoms with Crippen molar-refractivity contribution in [2.75, 3.05) is 6.54 Å². The Balaban J connectivity index is 1.89. The number of amides is 1. The summed E-state index contributed by atoms with van der Waals surface area (Å²) in [6.07, 6.45) is 1.85. The number of aryl methyl sites for hydroxylation is 2. The highest BCUT2D eigenvalue weighted by atomic mass is 16.5. The molecule has 0 N–H and O–H groups in total. The third-order valence-corrected chi connectivity index (χ3v) is 3.95. The molecule has 1 atom stereocenters. The molecule has 1 aliphatic heterocycles. The molecular formula is C14H18N4O2. The van der Waals surface area contributed by atoms with Crippen LogP contribution >= 0.6 is 0 Å². The van der Waals surface area contributed by atoms with Crippen molar-refractivity contribution in [1.29, 1.82) is 0 Å². The van der Waals surface area contributed by atoms with Gasteiger partial charge in [0.25, 0.3) is 5.91 Å². The molecule has 6 heteroatoms. The Kier molecular flexibility index (Phi) is 3.08. The molecule has 20 heavy (non-hydrogen) atoms. The van der Waals surface area contributed by atoms with Gasteiger partial charge in [0.05, 0.1) is 6.04 Å². The van der Waals surface area contributed by atoms with Crippen molar-refractivity contribution in [3.8, 4) is 0 Å². The Bertz CT molecular complexity index is 643. The summed E-state index contributed by atoms with van der Waals surface area (Å²) >= 11 is 0. The first-order valence-corrected chi connectivity index (χ1v) is 6.81. The molecule has 1 saturated heterocycles. The fourth-order valence-electron chi connectivity index (χ4n) is 2.70. The normalized spacial score (nSPS) is 18.8. The fraction of sp³-hybridized carbons (Fsp3) is 0.500. The molecule has 1 unspecified atom stereocenters. The van der Waals surface area contributed by atoms with Gasteiger partial charge in [-0.1, -0.05) is 5.16 Å². The zero-order chi connectivity index (χ0) is 14.3. The van der Waals surface area contributed by atoms with E-state index < -0.39 is 0 Å². The smallest absolute Gasteiger partial charge is 0.271 e. The highest BCUT2D eigenvalue weighted by Crippen LogP contribution is 2.31. The second-order valence-electron chi connectivity index (χ2n) is 5.25. The van der Waals surface area contributed by atoms with Crippen LogP contribution < -0.4 is 0 Å². The largest absolute Gasteiger partial charge is 0.344 e. The minimum atomic E-state index is -0.0739. The molecule has 3 rings (SSSR count). The molecule has 0 saturated carbocycles. The van der Waals surface area contributed by atoms with Crippen LogP contribution in [0.15, 0.2) is 16.7 Å². The van der Waals surface area contributed by atoms with Gasteiger partial charge in [0.15, 0.2) is 5.82 Å². The van der Waals surface area contributed by atoms with Gasteiger partial charge in [-0.15, -0.1) is 0 Å². The maximum atomic E-state index is 12.7. The van der Waals surface area contributed by atoms with Crippen molar-refractivity contribution in [2.45, 2.75) is 32.7 Å². The standard InChI is InChI=1S/C14H18N4O2/c1-9-6-7-12(17(9)3)14(19)18-8-4-5-11(18)13-15-10(2)20-16-13/h6-7,11H,4-5,8H2,1-3H3. The molecule has 1 aliphatic rings. The molecule has 0 spiro atoms. The molecule has 6 nitrogen and oxygen atoms in total. The van der Waals surface area contributed by atoms with Crippen LogP contribution in [0.2, 0.25) is 0 Å². The van der Waals surface area contributed by atoms with Crippen molar-refractivity contribution >= 4 is 5.91 Å². The predicted octanol–water partition coefficient (Wildman–Crippen LogP) is 2.00. The van der Waals surface area contributed by atoms with Crippen molar-refractivity contribution in [2.24, 2.45) is 7.05 Å². The lowest BCUT2D eigenvalue weighted by Crippen LogP contribution is -2.32. The van der Waals surface area contributed by atoms with E-state index in [0.29, 0.717) is 17.4 Å². The lowest BCUT2D eigenvalue weighted by molar-refractivity contribution is 0.0718. The molecule has 2 aromatic heterocycles. The second kappa shape index (κ2) is 4.77. The Morgan fingerprint density at radius 1 is 1.40 bits per heavy atom. The van der Waals surface area contributed by atoms with Crippen LogP contribution in [-0.4, -0.2) is 32.1 Å². The number of carbonyl (C=O) groups is 1. The molecule has 1 fully saturated rings. The third kappa shape index (κ3) is 2.01. The summed E-state index contributed by atoms with van der Waals surface area (Å²) in [4.78, 5) is 18.8. The third-order valence-electron chi connectivity index (χ3n) is 3.95. The predicted molar refractivity (Wildman–Crippen MR) is 72.2 cm³/mol. The van der Waals surface area contributed by atoms with Gasteiger partial charge in [-0.25, -0.2) is 0 Å². The summed E-state index contributed by atoms with van der Waals surface area (Å²) in [5.41, 5.74) is 1.77. The van der Waals surface area contributed by atoms with Gasteiger partial charge in [-0.3, -0.25) is 4.79 Å². The summed E-state index contributed by atoms with van der Waals surface area (Å²) in [5, 5.41) is 3.96. The monoisotopic (exact) mass is 274 g/mol. The van der Waals surface area contributed by atoms with Crippen molar-refractivity contribution in [3.63, 3.8) is 0 Å². The molecule has 3 heterocycles. The van der Waals surface area contributed by atoms with Crippen LogP contribution in [0, 0.1) is 13.8 Å². The molecular weight excluding hydrogens is 256 g/mol. The number of carbonyl (C=O) groups excluding carboxylic acids is 1. The lowest BCUT2D eigenvalue weighted by atomic mass is 10.2. The Labute approximate surface area is 117 Å². The molecule has 0 bridgehead atoms. The first kappa shape index (κ1) is 12.9. The van der Waals surface area contributed by atoms with E-state index in [0.717, 1.165) is 25.1 Å². The van der Waals surface area contributed by atoms with Crippen LogP contribution in [0.25, 0.3) is 0 Å². The van der Waals surface area contributed by atoms with Gasteiger partial charge in [0.1, 0.15) is 5.69 Å². The lowest BCUT2D eigenvalue weighted by Gasteiger charge is -2.22. The highest BCUT2D eigenvalue weighted by molar-refractivity contribution is 5.93. The van der Waals surface area contributed by atoms with E-state index in [-0.39, 0.29) is 11.9 Å². The number of nitrogens with zero attached hydrogens (tertiary/aromatic N) is 4. The van der Waals surface area contributed by atoms with Crippen LogP contribution in [-0.2, 0) is 7.05 Å². The average Bonchev–Trinajstić information content (AvgIpc) is 3.11. The number of aromatic nitrogens is 3. The summed E-state index contributed by atoms with van der Waals surface area (Å²) in [6.45, 7) is 4.49. The van der Waals surface area contributed by atoms with E-state index in [4.69, 9.17) is 4.52 Å². The second-order valence-corrected chi connectivity index (χ2v) is 5.25. The zero-order valence-corrected chi connectivity index (χ0v) is 12.0. The minimum absolute atomic E-state index is 0.0329. The van der Waals surface area contributed by atoms with Gasteiger partial charge in [0.2, 0.25) is 5.89 Å². The first-order valence-electron chi connectivity index (χ1n) is 6.81. The molecule has 0 radical (unpaired) electrons. The van der Waals surface area contributed by atoms with Crippen LogP contribution in [0.1, 0.15) is 46.8 Å². The average molecular weight is 274 g/mol. The Morgan fingerprint density at radius 3 is 2.80 bits per heavy atom. The summed E-state index contributed by atoms with van der Waals surface area (Å²) < 4.78 is 6.95. The molecule has 2 aromatic rings. The SMILES string of the molecule is Cc1nc(C2CCCN2C(=O)c2ccc(C)n2C)no1. The highest BCUT2D eigenvalue weighted by Gasteiger charge is 2.34. The maximum absolute atomic E-state index is 12.7. The zero-order valence-electron chi connectivity index (χ0n) is 12.0. The number of hydrogen-bond donors (Lipinski definition) is 0. The van der Waals surface area contributed by atoms with Crippen molar-refractivity contribution in [3.05, 3.63) is 35.2 Å². The summed E-state index contributed by atoms with van der Waals surface area (Å²) in [5.74, 6) is 1.18. The van der Waals surface area contributed by atoms with Gasteiger partial charge in [0, 0.05) is 26.2 Å². The fourth-order valence-corrected chi connectivity index (χ4v) is 2.70. The van der Waals surface area contributed by atoms with Crippen LogP contribution in [0.5, 0.6) is 0 Å². The molecule has 0 aliphatic carbocycles. The van der Waals surface area contributed by atoms with Crippen molar-refractivity contribution < 1.29 is 9.32 Å². The number of hydrogen-bond acceptors (Lipinski definition) is 4.